The topological polar surface area (TPSA) is 61.8 Å². The Balaban J connectivity index is 4.50. The van der Waals surface area contributed by atoms with Crippen LogP contribution in [0.5, 0.6) is 0 Å². The molecule has 0 saturated heterocycles. The molecule has 1 unspecified atom stereocenters. The number of carbonyl (C=O) groups is 1. The van der Waals surface area contributed by atoms with E-state index in [9.17, 15) is 4.79 Å². The molecule has 2 N–H and O–H groups in total. The van der Waals surface area contributed by atoms with E-state index in [1.54, 1.807) is 6.92 Å². The summed E-state index contributed by atoms with van der Waals surface area (Å²) in [5.74, 6) is -0.899. The summed E-state index contributed by atoms with van der Waals surface area (Å²) in [6, 6.07) is 0. The predicted molar refractivity (Wildman–Crippen MR) is 63.7 cm³/mol. The predicted octanol–water partition coefficient (Wildman–Crippen LogP) is 0.406. The van der Waals surface area contributed by atoms with Crippen LogP contribution in [-0.4, -0.2) is 61.4 Å². The van der Waals surface area contributed by atoms with Gasteiger partial charge < -0.3 is 14.7 Å². The van der Waals surface area contributed by atoms with Gasteiger partial charge in [-0.1, -0.05) is 0 Å². The molecule has 96 valence electrons. The molecule has 0 aliphatic rings. The van der Waals surface area contributed by atoms with E-state index < -0.39 is 11.5 Å². The highest BCUT2D eigenvalue weighted by atomic mass is 16.5. The average molecular weight is 232 g/mol. The Kier molecular flexibility index (Phi) is 5.38. The standard InChI is InChI=1S/C11H24N2O3/c1-10(2,13(4)5)7-12-11(3,8-16-6)9(14)15/h12H,7-8H2,1-6H3,(H,14,15). The van der Waals surface area contributed by atoms with Crippen LogP contribution in [0.1, 0.15) is 20.8 Å². The molecule has 0 radical (unpaired) electrons. The Morgan fingerprint density at radius 1 is 1.38 bits per heavy atom. The molecule has 0 aromatic heterocycles. The number of carboxylic acid groups (broad SMARTS) is 1. The fourth-order valence-corrected chi connectivity index (χ4v) is 1.05. The highest BCUT2D eigenvalue weighted by molar-refractivity contribution is 5.78. The first kappa shape index (κ1) is 15.3. The summed E-state index contributed by atoms with van der Waals surface area (Å²) in [5, 5.41) is 12.2. The Morgan fingerprint density at radius 2 is 1.88 bits per heavy atom. The zero-order valence-corrected chi connectivity index (χ0v) is 11.1. The maximum absolute atomic E-state index is 11.1. The number of aliphatic carboxylic acids is 1. The lowest BCUT2D eigenvalue weighted by Gasteiger charge is -2.36. The SMILES string of the molecule is COCC(C)(NCC(C)(C)N(C)C)C(=O)O. The second-order valence-electron chi connectivity index (χ2n) is 5.13. The van der Waals surface area contributed by atoms with E-state index >= 15 is 0 Å². The van der Waals surface area contributed by atoms with Crippen LogP contribution in [0, 0.1) is 0 Å². The summed E-state index contributed by atoms with van der Waals surface area (Å²) < 4.78 is 4.94. The smallest absolute Gasteiger partial charge is 0.326 e. The number of ether oxygens (including phenoxy) is 1. The molecule has 1 atom stereocenters. The second-order valence-corrected chi connectivity index (χ2v) is 5.13. The monoisotopic (exact) mass is 232 g/mol. The van der Waals surface area contributed by atoms with Crippen LogP contribution in [0.15, 0.2) is 0 Å². The molecule has 0 bridgehead atoms. The number of hydrogen-bond donors (Lipinski definition) is 2. The van der Waals surface area contributed by atoms with Crippen molar-refractivity contribution in [3.05, 3.63) is 0 Å². The van der Waals surface area contributed by atoms with Crippen LogP contribution in [0.25, 0.3) is 0 Å². The van der Waals surface area contributed by atoms with Crippen molar-refractivity contribution in [2.75, 3.05) is 34.4 Å². The minimum Gasteiger partial charge on any atom is -0.480 e. The summed E-state index contributed by atoms with van der Waals surface area (Å²) in [7, 11) is 5.44. The zero-order chi connectivity index (χ0) is 13.0. The molecular formula is C11H24N2O3. The third kappa shape index (κ3) is 4.08. The van der Waals surface area contributed by atoms with Gasteiger partial charge in [0, 0.05) is 19.2 Å². The molecule has 5 heteroatoms. The highest BCUT2D eigenvalue weighted by Gasteiger charge is 2.35. The molecule has 0 aliphatic carbocycles. The fraction of sp³-hybridized carbons (Fsp3) is 0.909. The highest BCUT2D eigenvalue weighted by Crippen LogP contribution is 2.12. The van der Waals surface area contributed by atoms with Gasteiger partial charge in [0.05, 0.1) is 6.61 Å². The van der Waals surface area contributed by atoms with Gasteiger partial charge in [0.25, 0.3) is 0 Å². The number of carboxylic acids is 1. The third-order valence-electron chi connectivity index (χ3n) is 3.03. The minimum atomic E-state index is -1.04. The van der Waals surface area contributed by atoms with Crippen molar-refractivity contribution in [2.24, 2.45) is 0 Å². The van der Waals surface area contributed by atoms with Gasteiger partial charge >= 0.3 is 5.97 Å². The van der Waals surface area contributed by atoms with Gasteiger partial charge in [-0.2, -0.15) is 0 Å². The first-order chi connectivity index (χ1) is 7.15. The van der Waals surface area contributed by atoms with Gasteiger partial charge in [-0.25, -0.2) is 0 Å². The number of rotatable bonds is 7. The fourth-order valence-electron chi connectivity index (χ4n) is 1.05. The van der Waals surface area contributed by atoms with Gasteiger partial charge in [-0.15, -0.1) is 0 Å². The van der Waals surface area contributed by atoms with E-state index in [-0.39, 0.29) is 12.1 Å². The molecule has 16 heavy (non-hydrogen) atoms. The van der Waals surface area contributed by atoms with Gasteiger partial charge in [-0.3, -0.25) is 10.1 Å². The second kappa shape index (κ2) is 5.61. The van der Waals surface area contributed by atoms with Gasteiger partial charge in [0.15, 0.2) is 0 Å². The Bertz CT molecular complexity index is 241. The zero-order valence-electron chi connectivity index (χ0n) is 11.1. The maximum atomic E-state index is 11.1. The molecule has 0 aliphatic heterocycles. The Morgan fingerprint density at radius 3 is 2.19 bits per heavy atom. The number of hydrogen-bond acceptors (Lipinski definition) is 4. The molecule has 0 saturated carbocycles. The van der Waals surface area contributed by atoms with E-state index in [1.807, 2.05) is 14.1 Å². The molecule has 0 rings (SSSR count). The maximum Gasteiger partial charge on any atom is 0.326 e. The van der Waals surface area contributed by atoms with Crippen molar-refractivity contribution in [3.63, 3.8) is 0 Å². The number of nitrogens with one attached hydrogen (secondary N) is 1. The lowest BCUT2D eigenvalue weighted by molar-refractivity contribution is -0.146. The largest absolute Gasteiger partial charge is 0.480 e. The van der Waals surface area contributed by atoms with Crippen LogP contribution in [0.3, 0.4) is 0 Å². The van der Waals surface area contributed by atoms with Gasteiger partial charge in [0.1, 0.15) is 5.54 Å². The first-order valence-electron chi connectivity index (χ1n) is 5.30. The van der Waals surface area contributed by atoms with Crippen LogP contribution in [0.2, 0.25) is 0 Å². The summed E-state index contributed by atoms with van der Waals surface area (Å²) >= 11 is 0. The molecular weight excluding hydrogens is 208 g/mol. The molecule has 0 heterocycles. The van der Waals surface area contributed by atoms with Crippen LogP contribution >= 0.6 is 0 Å². The van der Waals surface area contributed by atoms with Crippen LogP contribution in [0.4, 0.5) is 0 Å². The summed E-state index contributed by atoms with van der Waals surface area (Å²) in [5.41, 5.74) is -1.15. The molecule has 0 amide bonds. The number of methoxy groups -OCH3 is 1. The quantitative estimate of drug-likeness (QED) is 0.665. The molecule has 0 aromatic rings. The van der Waals surface area contributed by atoms with Crippen LogP contribution in [-0.2, 0) is 9.53 Å². The van der Waals surface area contributed by atoms with E-state index in [2.05, 4.69) is 24.1 Å². The molecule has 0 spiro atoms. The van der Waals surface area contributed by atoms with E-state index in [0.717, 1.165) is 0 Å². The van der Waals surface area contributed by atoms with Crippen molar-refractivity contribution >= 4 is 5.97 Å². The van der Waals surface area contributed by atoms with Crippen molar-refractivity contribution in [2.45, 2.75) is 31.8 Å². The average Bonchev–Trinajstić information content (AvgIpc) is 2.15. The van der Waals surface area contributed by atoms with Crippen molar-refractivity contribution in [1.29, 1.82) is 0 Å². The lowest BCUT2D eigenvalue weighted by Crippen LogP contribution is -2.58. The van der Waals surface area contributed by atoms with E-state index in [0.29, 0.717) is 6.54 Å². The third-order valence-corrected chi connectivity index (χ3v) is 3.03. The van der Waals surface area contributed by atoms with Crippen molar-refractivity contribution in [1.82, 2.24) is 10.2 Å². The first-order valence-corrected chi connectivity index (χ1v) is 5.30. The molecule has 0 aromatic carbocycles. The molecule has 5 nitrogen and oxygen atoms in total. The van der Waals surface area contributed by atoms with Gasteiger partial charge in [-0.05, 0) is 34.9 Å². The summed E-state index contributed by atoms with van der Waals surface area (Å²) in [4.78, 5) is 13.2. The number of likely N-dealkylation sites (N-methyl/N-ethyl adjacent to an activating group) is 1. The van der Waals surface area contributed by atoms with Gasteiger partial charge in [0.2, 0.25) is 0 Å². The number of nitrogens with zero attached hydrogens (tertiary/aromatic N) is 1. The van der Waals surface area contributed by atoms with E-state index in [1.165, 1.54) is 7.11 Å². The summed E-state index contributed by atoms with van der Waals surface area (Å²) in [6.07, 6.45) is 0. The minimum absolute atomic E-state index is 0.107. The lowest BCUT2D eigenvalue weighted by atomic mass is 9.99. The van der Waals surface area contributed by atoms with Crippen molar-refractivity contribution in [3.8, 4) is 0 Å². The van der Waals surface area contributed by atoms with E-state index in [4.69, 9.17) is 9.84 Å². The summed E-state index contributed by atoms with van der Waals surface area (Å²) in [6.45, 7) is 6.45. The Labute approximate surface area is 97.8 Å². The molecule has 0 fully saturated rings. The Hall–Kier alpha value is -0.650. The van der Waals surface area contributed by atoms with Crippen LogP contribution < -0.4 is 5.32 Å². The normalized spacial score (nSPS) is 16.2. The van der Waals surface area contributed by atoms with Crippen molar-refractivity contribution < 1.29 is 14.6 Å².